The van der Waals surface area contributed by atoms with Crippen LogP contribution in [-0.2, 0) is 0 Å². The standard InChI is InChI=1S/C17H22N2O2S/c1-11-14-9-13(21-2)3-4-15(14)22-16(11)17(20)19-7-5-12(10-18)6-8-19/h3-4,9,12H,5-8,10,18H2,1-2H3. The minimum atomic E-state index is 0.160. The van der Waals surface area contributed by atoms with Crippen LogP contribution in [0.1, 0.15) is 28.1 Å². The molecule has 0 saturated carbocycles. The lowest BCUT2D eigenvalue weighted by molar-refractivity contribution is 0.0698. The van der Waals surface area contributed by atoms with Crippen LogP contribution in [0.2, 0.25) is 0 Å². The van der Waals surface area contributed by atoms with Gasteiger partial charge >= 0.3 is 0 Å². The molecule has 22 heavy (non-hydrogen) atoms. The molecule has 4 nitrogen and oxygen atoms in total. The Morgan fingerprint density at radius 3 is 2.77 bits per heavy atom. The summed E-state index contributed by atoms with van der Waals surface area (Å²) >= 11 is 1.58. The highest BCUT2D eigenvalue weighted by molar-refractivity contribution is 7.21. The van der Waals surface area contributed by atoms with Gasteiger partial charge in [-0.05, 0) is 61.4 Å². The summed E-state index contributed by atoms with van der Waals surface area (Å²) in [6.07, 6.45) is 2.03. The van der Waals surface area contributed by atoms with Gasteiger partial charge in [-0.2, -0.15) is 0 Å². The van der Waals surface area contributed by atoms with Crippen molar-refractivity contribution >= 4 is 27.3 Å². The fraction of sp³-hybridized carbons (Fsp3) is 0.471. The second kappa shape index (κ2) is 6.26. The van der Waals surface area contributed by atoms with Crippen LogP contribution in [0.3, 0.4) is 0 Å². The van der Waals surface area contributed by atoms with E-state index in [1.54, 1.807) is 18.4 Å². The minimum absolute atomic E-state index is 0.160. The Kier molecular flexibility index (Phi) is 4.36. The zero-order chi connectivity index (χ0) is 15.7. The number of ether oxygens (including phenoxy) is 1. The number of methoxy groups -OCH3 is 1. The van der Waals surface area contributed by atoms with E-state index in [0.29, 0.717) is 5.92 Å². The maximum atomic E-state index is 12.8. The van der Waals surface area contributed by atoms with E-state index in [4.69, 9.17) is 10.5 Å². The van der Waals surface area contributed by atoms with Crippen molar-refractivity contribution in [2.24, 2.45) is 11.7 Å². The average Bonchev–Trinajstić information content (AvgIpc) is 2.90. The molecule has 0 radical (unpaired) electrons. The molecule has 1 aliphatic rings. The van der Waals surface area contributed by atoms with Crippen LogP contribution in [0, 0.1) is 12.8 Å². The number of piperidine rings is 1. The average molecular weight is 318 g/mol. The van der Waals surface area contributed by atoms with Crippen LogP contribution in [0.25, 0.3) is 10.1 Å². The third-order valence-corrected chi connectivity index (χ3v) is 5.83. The van der Waals surface area contributed by atoms with Gasteiger partial charge in [0.05, 0.1) is 12.0 Å². The van der Waals surface area contributed by atoms with Gasteiger partial charge in [0.2, 0.25) is 0 Å². The van der Waals surface area contributed by atoms with Crippen LogP contribution >= 0.6 is 11.3 Å². The summed E-state index contributed by atoms with van der Waals surface area (Å²) in [7, 11) is 1.66. The lowest BCUT2D eigenvalue weighted by Gasteiger charge is -2.31. The van der Waals surface area contributed by atoms with Crippen molar-refractivity contribution in [2.75, 3.05) is 26.7 Å². The van der Waals surface area contributed by atoms with Crippen molar-refractivity contribution in [2.45, 2.75) is 19.8 Å². The lowest BCUT2D eigenvalue weighted by atomic mass is 9.97. The number of thiophene rings is 1. The Morgan fingerprint density at radius 2 is 2.14 bits per heavy atom. The van der Waals surface area contributed by atoms with Crippen molar-refractivity contribution in [3.8, 4) is 5.75 Å². The summed E-state index contributed by atoms with van der Waals surface area (Å²) < 4.78 is 6.42. The maximum absolute atomic E-state index is 12.8. The maximum Gasteiger partial charge on any atom is 0.264 e. The molecule has 5 heteroatoms. The minimum Gasteiger partial charge on any atom is -0.497 e. The van der Waals surface area contributed by atoms with E-state index in [1.807, 2.05) is 30.0 Å². The summed E-state index contributed by atoms with van der Waals surface area (Å²) in [5.74, 6) is 1.56. The first-order valence-electron chi connectivity index (χ1n) is 7.70. The SMILES string of the molecule is COc1ccc2sc(C(=O)N3CCC(CN)CC3)c(C)c2c1. The molecule has 1 saturated heterocycles. The molecule has 2 N–H and O–H groups in total. The van der Waals surface area contributed by atoms with Crippen molar-refractivity contribution in [1.29, 1.82) is 0 Å². The summed E-state index contributed by atoms with van der Waals surface area (Å²) in [5.41, 5.74) is 6.79. The number of rotatable bonds is 3. The third kappa shape index (κ3) is 2.71. The molecular weight excluding hydrogens is 296 g/mol. The quantitative estimate of drug-likeness (QED) is 0.946. The Morgan fingerprint density at radius 1 is 1.41 bits per heavy atom. The van der Waals surface area contributed by atoms with Gasteiger partial charge in [0.15, 0.2) is 0 Å². The fourth-order valence-corrected chi connectivity index (χ4v) is 4.20. The van der Waals surface area contributed by atoms with Crippen LogP contribution in [0.4, 0.5) is 0 Å². The first-order chi connectivity index (χ1) is 10.6. The number of amides is 1. The predicted molar refractivity (Wildman–Crippen MR) is 90.8 cm³/mol. The number of nitrogens with zero attached hydrogens (tertiary/aromatic N) is 1. The number of carbonyl (C=O) groups is 1. The third-order valence-electron chi connectivity index (χ3n) is 4.57. The zero-order valence-electron chi connectivity index (χ0n) is 13.1. The second-order valence-corrected chi connectivity index (χ2v) is 6.94. The van der Waals surface area contributed by atoms with Crippen LogP contribution < -0.4 is 10.5 Å². The van der Waals surface area contributed by atoms with E-state index in [9.17, 15) is 4.79 Å². The smallest absolute Gasteiger partial charge is 0.264 e. The number of hydrogen-bond donors (Lipinski definition) is 1. The molecule has 0 unspecified atom stereocenters. The van der Waals surface area contributed by atoms with Crippen molar-refractivity contribution in [3.05, 3.63) is 28.6 Å². The van der Waals surface area contributed by atoms with Gasteiger partial charge in [0, 0.05) is 17.8 Å². The number of nitrogens with two attached hydrogens (primary N) is 1. The molecule has 118 valence electrons. The molecule has 1 fully saturated rings. The van der Waals surface area contributed by atoms with Crippen molar-refractivity contribution in [3.63, 3.8) is 0 Å². The molecule has 0 bridgehead atoms. The van der Waals surface area contributed by atoms with E-state index in [1.165, 1.54) is 0 Å². The molecule has 1 aromatic heterocycles. The Hall–Kier alpha value is -1.59. The largest absolute Gasteiger partial charge is 0.497 e. The van der Waals surface area contributed by atoms with Crippen LogP contribution in [0.5, 0.6) is 5.75 Å². The monoisotopic (exact) mass is 318 g/mol. The fourth-order valence-electron chi connectivity index (χ4n) is 3.05. The molecule has 1 amide bonds. The number of benzene rings is 1. The first kappa shape index (κ1) is 15.3. The molecular formula is C17H22N2O2S. The lowest BCUT2D eigenvalue weighted by Crippen LogP contribution is -2.39. The van der Waals surface area contributed by atoms with E-state index in [0.717, 1.165) is 58.8 Å². The molecule has 0 aliphatic carbocycles. The van der Waals surface area contributed by atoms with Crippen molar-refractivity contribution in [1.82, 2.24) is 4.90 Å². The molecule has 1 aliphatic heterocycles. The highest BCUT2D eigenvalue weighted by atomic mass is 32.1. The van der Waals surface area contributed by atoms with Gasteiger partial charge in [0.1, 0.15) is 5.75 Å². The van der Waals surface area contributed by atoms with Gasteiger partial charge in [0.25, 0.3) is 5.91 Å². The number of hydrogen-bond acceptors (Lipinski definition) is 4. The van der Waals surface area contributed by atoms with Crippen LogP contribution in [0.15, 0.2) is 18.2 Å². The highest BCUT2D eigenvalue weighted by Gasteiger charge is 2.25. The van der Waals surface area contributed by atoms with Gasteiger partial charge in [-0.25, -0.2) is 0 Å². The van der Waals surface area contributed by atoms with Crippen molar-refractivity contribution < 1.29 is 9.53 Å². The number of fused-ring (bicyclic) bond motifs is 1. The van der Waals surface area contributed by atoms with E-state index >= 15 is 0 Å². The van der Waals surface area contributed by atoms with Gasteiger partial charge in [-0.15, -0.1) is 11.3 Å². The summed E-state index contributed by atoms with van der Waals surface area (Å²) in [4.78, 5) is 15.6. The summed E-state index contributed by atoms with van der Waals surface area (Å²) in [6, 6.07) is 5.99. The summed E-state index contributed by atoms with van der Waals surface area (Å²) in [6.45, 7) is 4.39. The second-order valence-electron chi connectivity index (χ2n) is 5.89. The summed E-state index contributed by atoms with van der Waals surface area (Å²) in [5, 5.41) is 1.12. The Bertz CT molecular complexity index is 687. The predicted octanol–water partition coefficient (Wildman–Crippen LogP) is 3.03. The molecule has 1 aromatic carbocycles. The van der Waals surface area contributed by atoms with E-state index < -0.39 is 0 Å². The van der Waals surface area contributed by atoms with Gasteiger partial charge in [-0.3, -0.25) is 4.79 Å². The molecule has 3 rings (SSSR count). The molecule has 2 aromatic rings. The highest BCUT2D eigenvalue weighted by Crippen LogP contribution is 2.34. The normalized spacial score (nSPS) is 16.2. The topological polar surface area (TPSA) is 55.6 Å². The molecule has 0 spiro atoms. The first-order valence-corrected chi connectivity index (χ1v) is 8.52. The number of carbonyl (C=O) groups excluding carboxylic acids is 1. The van der Waals surface area contributed by atoms with Gasteiger partial charge in [-0.1, -0.05) is 0 Å². The molecule has 2 heterocycles. The van der Waals surface area contributed by atoms with E-state index in [2.05, 4.69) is 0 Å². The Labute approximate surface area is 134 Å². The number of aryl methyl sites for hydroxylation is 1. The molecule has 0 atom stereocenters. The Balaban J connectivity index is 1.86. The van der Waals surface area contributed by atoms with E-state index in [-0.39, 0.29) is 5.91 Å². The number of likely N-dealkylation sites (tertiary alicyclic amines) is 1. The van der Waals surface area contributed by atoms with Gasteiger partial charge < -0.3 is 15.4 Å². The van der Waals surface area contributed by atoms with Crippen LogP contribution in [-0.4, -0.2) is 37.6 Å². The zero-order valence-corrected chi connectivity index (χ0v) is 13.9.